The van der Waals surface area contributed by atoms with Gasteiger partial charge in [-0.15, -0.1) is 0 Å². The van der Waals surface area contributed by atoms with Crippen molar-refractivity contribution in [3.63, 3.8) is 0 Å². The smallest absolute Gasteiger partial charge is 0.322 e. The van der Waals surface area contributed by atoms with E-state index in [0.717, 1.165) is 58.5 Å². The lowest BCUT2D eigenvalue weighted by atomic mass is 10.1. The Morgan fingerprint density at radius 1 is 1.38 bits per heavy atom. The van der Waals surface area contributed by atoms with E-state index in [2.05, 4.69) is 24.1 Å². The highest BCUT2D eigenvalue weighted by atomic mass is 16.5. The van der Waals surface area contributed by atoms with Crippen molar-refractivity contribution in [3.05, 3.63) is 0 Å². The Hall–Kier alpha value is -0.650. The van der Waals surface area contributed by atoms with Gasteiger partial charge < -0.3 is 19.7 Å². The Morgan fingerprint density at radius 3 is 2.86 bits per heavy atom. The van der Waals surface area contributed by atoms with Gasteiger partial charge in [0.05, 0.1) is 13.2 Å². The molecule has 1 aliphatic heterocycles. The lowest BCUT2D eigenvalue weighted by Crippen LogP contribution is -2.44. The number of nitrogens with one attached hydrogen (secondary N) is 1. The van der Waals surface area contributed by atoms with Crippen LogP contribution in [0.1, 0.15) is 46.0 Å². The molecule has 0 bridgehead atoms. The summed E-state index contributed by atoms with van der Waals surface area (Å²) < 4.78 is 10.7. The summed E-state index contributed by atoms with van der Waals surface area (Å²) in [5.41, 5.74) is 0. The zero-order valence-corrected chi connectivity index (χ0v) is 13.9. The molecule has 21 heavy (non-hydrogen) atoms. The van der Waals surface area contributed by atoms with Crippen LogP contribution in [0.3, 0.4) is 0 Å². The number of methoxy groups -OCH3 is 1. The Bertz CT molecular complexity index is 287. The van der Waals surface area contributed by atoms with Crippen molar-refractivity contribution in [3.8, 4) is 0 Å². The van der Waals surface area contributed by atoms with Crippen LogP contribution in [-0.4, -0.2) is 62.9 Å². The van der Waals surface area contributed by atoms with Gasteiger partial charge in [-0.2, -0.15) is 0 Å². The molecule has 2 atom stereocenters. The minimum Gasteiger partial charge on any atom is -0.468 e. The average molecular weight is 300 g/mol. The quantitative estimate of drug-likeness (QED) is 0.624. The van der Waals surface area contributed by atoms with Crippen LogP contribution in [0.25, 0.3) is 0 Å². The van der Waals surface area contributed by atoms with E-state index in [1.54, 1.807) is 0 Å². The molecule has 124 valence electrons. The molecule has 1 heterocycles. The van der Waals surface area contributed by atoms with E-state index in [-0.39, 0.29) is 12.0 Å². The van der Waals surface area contributed by atoms with Gasteiger partial charge in [-0.1, -0.05) is 13.8 Å². The molecule has 0 aromatic carbocycles. The van der Waals surface area contributed by atoms with Crippen molar-refractivity contribution < 1.29 is 14.3 Å². The number of carbonyl (C=O) groups excluding carboxylic acids is 1. The molecule has 1 rings (SSSR count). The van der Waals surface area contributed by atoms with Gasteiger partial charge in [0.1, 0.15) is 6.04 Å². The normalized spacial score (nSPS) is 21.2. The van der Waals surface area contributed by atoms with Crippen LogP contribution in [0.5, 0.6) is 0 Å². The number of piperidine rings is 1. The lowest BCUT2D eigenvalue weighted by molar-refractivity contribution is -0.143. The number of esters is 1. The van der Waals surface area contributed by atoms with E-state index in [9.17, 15) is 4.79 Å². The second-order valence-corrected chi connectivity index (χ2v) is 5.75. The van der Waals surface area contributed by atoms with Crippen molar-refractivity contribution in [2.45, 2.75) is 58.1 Å². The van der Waals surface area contributed by atoms with Crippen LogP contribution in [0.4, 0.5) is 0 Å². The first-order chi connectivity index (χ1) is 10.2. The minimum atomic E-state index is -0.188. The molecular weight excluding hydrogens is 268 g/mol. The number of nitrogens with zero attached hydrogens (tertiary/aromatic N) is 1. The zero-order valence-electron chi connectivity index (χ0n) is 13.9. The Kier molecular flexibility index (Phi) is 9.63. The van der Waals surface area contributed by atoms with E-state index in [1.807, 2.05) is 0 Å². The van der Waals surface area contributed by atoms with Gasteiger partial charge in [0.2, 0.25) is 0 Å². The van der Waals surface area contributed by atoms with E-state index in [1.165, 1.54) is 13.5 Å². The second kappa shape index (κ2) is 11.0. The van der Waals surface area contributed by atoms with Crippen molar-refractivity contribution in [2.24, 2.45) is 0 Å². The van der Waals surface area contributed by atoms with Gasteiger partial charge in [0.25, 0.3) is 0 Å². The SMILES string of the molecule is CCCNC(CCN1CCCC(OCCC)C1)C(=O)OC. The minimum absolute atomic E-state index is 0.153. The summed E-state index contributed by atoms with van der Waals surface area (Å²) in [7, 11) is 1.46. The predicted octanol–water partition coefficient (Wildman–Crippen LogP) is 1.81. The summed E-state index contributed by atoms with van der Waals surface area (Å²) in [6, 6.07) is -0.188. The molecule has 0 spiro atoms. The molecule has 0 aliphatic carbocycles. The van der Waals surface area contributed by atoms with Gasteiger partial charge >= 0.3 is 5.97 Å². The number of likely N-dealkylation sites (tertiary alicyclic amines) is 1. The van der Waals surface area contributed by atoms with Gasteiger partial charge in [-0.05, 0) is 45.2 Å². The van der Waals surface area contributed by atoms with Crippen molar-refractivity contribution in [1.82, 2.24) is 10.2 Å². The van der Waals surface area contributed by atoms with Crippen molar-refractivity contribution >= 4 is 5.97 Å². The third-order valence-corrected chi connectivity index (χ3v) is 3.88. The summed E-state index contributed by atoms with van der Waals surface area (Å²) in [5.74, 6) is -0.153. The Labute approximate surface area is 129 Å². The van der Waals surface area contributed by atoms with E-state index < -0.39 is 0 Å². The highest BCUT2D eigenvalue weighted by Crippen LogP contribution is 2.14. The van der Waals surface area contributed by atoms with Crippen molar-refractivity contribution in [2.75, 3.05) is 39.9 Å². The number of rotatable bonds is 10. The largest absolute Gasteiger partial charge is 0.468 e. The molecule has 5 heteroatoms. The molecule has 0 aromatic rings. The first-order valence-electron chi connectivity index (χ1n) is 8.36. The molecular formula is C16H32N2O3. The van der Waals surface area contributed by atoms with Crippen LogP contribution in [0.15, 0.2) is 0 Å². The summed E-state index contributed by atoms with van der Waals surface area (Å²) in [6.45, 7) is 8.95. The fraction of sp³-hybridized carbons (Fsp3) is 0.938. The molecule has 0 saturated carbocycles. The van der Waals surface area contributed by atoms with Crippen LogP contribution in [0.2, 0.25) is 0 Å². The maximum atomic E-state index is 11.8. The molecule has 1 fully saturated rings. The highest BCUT2D eigenvalue weighted by molar-refractivity contribution is 5.75. The maximum absolute atomic E-state index is 11.8. The third kappa shape index (κ3) is 7.25. The second-order valence-electron chi connectivity index (χ2n) is 5.75. The summed E-state index contributed by atoms with van der Waals surface area (Å²) in [4.78, 5) is 14.2. The molecule has 0 aromatic heterocycles. The number of hydrogen-bond acceptors (Lipinski definition) is 5. The summed E-state index contributed by atoms with van der Waals surface area (Å²) >= 11 is 0. The summed E-state index contributed by atoms with van der Waals surface area (Å²) in [6.07, 6.45) is 5.59. The van der Waals surface area contributed by atoms with E-state index >= 15 is 0 Å². The zero-order chi connectivity index (χ0) is 15.5. The monoisotopic (exact) mass is 300 g/mol. The van der Waals surface area contributed by atoms with E-state index in [4.69, 9.17) is 9.47 Å². The molecule has 2 unspecified atom stereocenters. The first kappa shape index (κ1) is 18.4. The van der Waals surface area contributed by atoms with Crippen molar-refractivity contribution in [1.29, 1.82) is 0 Å². The van der Waals surface area contributed by atoms with Gasteiger partial charge in [0.15, 0.2) is 0 Å². The van der Waals surface area contributed by atoms with E-state index in [0.29, 0.717) is 6.10 Å². The number of ether oxygens (including phenoxy) is 2. The molecule has 0 amide bonds. The lowest BCUT2D eigenvalue weighted by Gasteiger charge is -2.33. The van der Waals surface area contributed by atoms with Gasteiger partial charge in [-0.3, -0.25) is 4.79 Å². The standard InChI is InChI=1S/C16H32N2O3/c1-4-9-17-15(16(19)20-3)8-11-18-10-6-7-14(13-18)21-12-5-2/h14-15,17H,4-13H2,1-3H3. The Balaban J connectivity index is 2.34. The molecule has 1 N–H and O–H groups in total. The van der Waals surface area contributed by atoms with Gasteiger partial charge in [-0.25, -0.2) is 0 Å². The first-order valence-corrected chi connectivity index (χ1v) is 8.36. The van der Waals surface area contributed by atoms with Crippen LogP contribution in [0, 0.1) is 0 Å². The predicted molar refractivity (Wildman–Crippen MR) is 84.4 cm³/mol. The van der Waals surface area contributed by atoms with Crippen LogP contribution < -0.4 is 5.32 Å². The summed E-state index contributed by atoms with van der Waals surface area (Å²) in [5, 5.41) is 3.27. The highest BCUT2D eigenvalue weighted by Gasteiger charge is 2.23. The Morgan fingerprint density at radius 2 is 2.19 bits per heavy atom. The fourth-order valence-electron chi connectivity index (χ4n) is 2.71. The van der Waals surface area contributed by atoms with Crippen LogP contribution >= 0.6 is 0 Å². The molecule has 0 radical (unpaired) electrons. The van der Waals surface area contributed by atoms with Gasteiger partial charge in [0, 0.05) is 19.7 Å². The average Bonchev–Trinajstić information content (AvgIpc) is 2.52. The number of hydrogen-bond donors (Lipinski definition) is 1. The molecule has 5 nitrogen and oxygen atoms in total. The molecule has 1 saturated heterocycles. The number of carbonyl (C=O) groups is 1. The maximum Gasteiger partial charge on any atom is 0.322 e. The third-order valence-electron chi connectivity index (χ3n) is 3.88. The topological polar surface area (TPSA) is 50.8 Å². The van der Waals surface area contributed by atoms with Crippen LogP contribution in [-0.2, 0) is 14.3 Å². The molecule has 1 aliphatic rings. The fourth-order valence-corrected chi connectivity index (χ4v) is 2.71.